The summed E-state index contributed by atoms with van der Waals surface area (Å²) in [6.45, 7) is 8.56. The topological polar surface area (TPSA) is 62.8 Å². The van der Waals surface area contributed by atoms with Crippen molar-refractivity contribution < 1.29 is 9.57 Å². The third-order valence-electron chi connectivity index (χ3n) is 5.70. The average Bonchev–Trinajstić information content (AvgIpc) is 3.34. The molecule has 182 valence electrons. The van der Waals surface area contributed by atoms with Crippen LogP contribution in [0.2, 0.25) is 5.02 Å². The highest BCUT2D eigenvalue weighted by atomic mass is 35.5. The Kier molecular flexibility index (Phi) is 9.77. The first-order chi connectivity index (χ1) is 16.2. The molecule has 1 aliphatic rings. The van der Waals surface area contributed by atoms with Gasteiger partial charge in [0.25, 0.3) is 0 Å². The molecule has 1 aromatic heterocycles. The van der Waals surface area contributed by atoms with Gasteiger partial charge in [0.2, 0.25) is 5.95 Å². The van der Waals surface area contributed by atoms with Gasteiger partial charge in [-0.1, -0.05) is 55.8 Å². The zero-order valence-electron chi connectivity index (χ0n) is 19.5. The molecule has 1 saturated heterocycles. The average molecular weight is 504 g/mol. The Hall–Kier alpha value is -2.58. The van der Waals surface area contributed by atoms with Gasteiger partial charge in [-0.3, -0.25) is 4.84 Å². The first kappa shape index (κ1) is 26.0. The fourth-order valence-electron chi connectivity index (χ4n) is 3.82. The van der Waals surface area contributed by atoms with Gasteiger partial charge in [0.05, 0.1) is 18.8 Å². The second kappa shape index (κ2) is 12.8. The van der Waals surface area contributed by atoms with Gasteiger partial charge in [-0.05, 0) is 42.9 Å². The van der Waals surface area contributed by atoms with E-state index in [0.29, 0.717) is 30.0 Å². The van der Waals surface area contributed by atoms with E-state index in [-0.39, 0.29) is 18.4 Å². The molecule has 0 unspecified atom stereocenters. The van der Waals surface area contributed by atoms with Gasteiger partial charge in [-0.25, -0.2) is 10.0 Å². The fraction of sp³-hybridized carbons (Fsp3) is 0.360. The Labute approximate surface area is 212 Å². The summed E-state index contributed by atoms with van der Waals surface area (Å²) in [7, 11) is 0. The summed E-state index contributed by atoms with van der Waals surface area (Å²) < 4.78 is 5.86. The number of nitrogens with one attached hydrogen (secondary N) is 1. The largest absolute Gasteiger partial charge is 0.492 e. The van der Waals surface area contributed by atoms with E-state index in [4.69, 9.17) is 21.2 Å². The maximum absolute atomic E-state index is 6.45. The lowest BCUT2D eigenvalue weighted by Crippen LogP contribution is -2.27. The molecule has 0 aliphatic carbocycles. The minimum atomic E-state index is 0. The first-order valence-electron chi connectivity index (χ1n) is 11.4. The van der Waals surface area contributed by atoms with Gasteiger partial charge < -0.3 is 15.0 Å². The molecular formula is C25H31Cl2N5O2. The van der Waals surface area contributed by atoms with E-state index in [1.165, 1.54) is 0 Å². The monoisotopic (exact) mass is 503 g/mol. The molecule has 7 nitrogen and oxygen atoms in total. The number of rotatable bonds is 10. The summed E-state index contributed by atoms with van der Waals surface area (Å²) in [5, 5.41) is 5.48. The Morgan fingerprint density at radius 3 is 2.56 bits per heavy atom. The summed E-state index contributed by atoms with van der Waals surface area (Å²) in [5.41, 5.74) is 2.03. The van der Waals surface area contributed by atoms with Crippen molar-refractivity contribution in [3.8, 4) is 5.75 Å². The van der Waals surface area contributed by atoms with Crippen LogP contribution in [-0.2, 0) is 4.84 Å². The van der Waals surface area contributed by atoms with Crippen molar-refractivity contribution in [2.24, 2.45) is 0 Å². The minimum Gasteiger partial charge on any atom is -0.492 e. The third-order valence-corrected chi connectivity index (χ3v) is 5.97. The molecule has 0 amide bonds. The highest BCUT2D eigenvalue weighted by Gasteiger charge is 2.30. The minimum absolute atomic E-state index is 0. The Balaban J connectivity index is 0.00000324. The molecule has 1 aliphatic heterocycles. The van der Waals surface area contributed by atoms with Crippen LogP contribution >= 0.6 is 24.0 Å². The van der Waals surface area contributed by atoms with Gasteiger partial charge in [-0.2, -0.15) is 4.98 Å². The van der Waals surface area contributed by atoms with E-state index in [0.717, 1.165) is 43.1 Å². The number of hydroxylamine groups is 1. The number of hydrogen-bond acceptors (Lipinski definition) is 7. The number of halogens is 2. The lowest BCUT2D eigenvalue weighted by molar-refractivity contribution is 0.157. The maximum Gasteiger partial charge on any atom is 0.229 e. The number of nitrogens with zero attached hydrogens (tertiary/aromatic N) is 4. The molecule has 2 aromatic carbocycles. The van der Waals surface area contributed by atoms with Crippen LogP contribution in [0.5, 0.6) is 5.75 Å². The van der Waals surface area contributed by atoms with Crippen molar-refractivity contribution in [1.29, 1.82) is 0 Å². The molecule has 0 spiro atoms. The van der Waals surface area contributed by atoms with Crippen molar-refractivity contribution in [2.45, 2.75) is 26.3 Å². The number of benzene rings is 2. The fourth-order valence-corrected chi connectivity index (χ4v) is 4.00. The molecule has 34 heavy (non-hydrogen) atoms. The normalized spacial score (nSPS) is 15.3. The molecule has 0 saturated carbocycles. The van der Waals surface area contributed by atoms with Gasteiger partial charge in [-0.15, -0.1) is 12.4 Å². The standard InChI is InChI=1S/C25H30ClN5O2.ClH/c1-3-30(4-2)15-17-32-21-12-10-20(11-13-21)28-25-27-18-22(26)24(29-25)31-23(14-16-33-31)19-8-6-5-7-9-19;/h5-13,18,23H,3-4,14-17H2,1-2H3,(H,27,28,29);1H/t23-;/m0./s1. The molecule has 1 atom stereocenters. The predicted octanol–water partition coefficient (Wildman–Crippen LogP) is 5.90. The van der Waals surface area contributed by atoms with Gasteiger partial charge in [0.15, 0.2) is 5.82 Å². The van der Waals surface area contributed by atoms with Crippen molar-refractivity contribution >= 4 is 41.5 Å². The molecular weight excluding hydrogens is 473 g/mol. The number of anilines is 3. The van der Waals surface area contributed by atoms with Crippen molar-refractivity contribution in [3.05, 3.63) is 71.4 Å². The first-order valence-corrected chi connectivity index (χ1v) is 11.8. The van der Waals surface area contributed by atoms with Crippen LogP contribution in [0.1, 0.15) is 31.9 Å². The van der Waals surface area contributed by atoms with E-state index < -0.39 is 0 Å². The van der Waals surface area contributed by atoms with Crippen LogP contribution in [0, 0.1) is 0 Å². The molecule has 3 aromatic rings. The highest BCUT2D eigenvalue weighted by Crippen LogP contribution is 2.37. The zero-order valence-corrected chi connectivity index (χ0v) is 21.1. The molecule has 2 heterocycles. The van der Waals surface area contributed by atoms with Gasteiger partial charge >= 0.3 is 0 Å². The molecule has 4 rings (SSSR count). The number of likely N-dealkylation sites (N-methyl/N-ethyl adjacent to an activating group) is 1. The van der Waals surface area contributed by atoms with E-state index >= 15 is 0 Å². The van der Waals surface area contributed by atoms with Gasteiger partial charge in [0, 0.05) is 18.7 Å². The molecule has 9 heteroatoms. The molecule has 0 radical (unpaired) electrons. The van der Waals surface area contributed by atoms with E-state index in [2.05, 4.69) is 46.2 Å². The summed E-state index contributed by atoms with van der Waals surface area (Å²) in [5.74, 6) is 1.84. The van der Waals surface area contributed by atoms with Crippen LogP contribution in [0.4, 0.5) is 17.5 Å². The number of ether oxygens (including phenoxy) is 1. The smallest absolute Gasteiger partial charge is 0.229 e. The Morgan fingerprint density at radius 1 is 1.12 bits per heavy atom. The summed E-state index contributed by atoms with van der Waals surface area (Å²) in [6.07, 6.45) is 2.46. The quantitative estimate of drug-likeness (QED) is 0.369. The number of aromatic nitrogens is 2. The Bertz CT molecular complexity index is 1020. The van der Waals surface area contributed by atoms with Crippen LogP contribution < -0.4 is 15.1 Å². The van der Waals surface area contributed by atoms with Gasteiger partial charge in [0.1, 0.15) is 17.4 Å². The van der Waals surface area contributed by atoms with Crippen LogP contribution in [-0.4, -0.2) is 47.7 Å². The van der Waals surface area contributed by atoms with E-state index in [1.807, 2.05) is 42.5 Å². The van der Waals surface area contributed by atoms with Crippen molar-refractivity contribution in [3.63, 3.8) is 0 Å². The van der Waals surface area contributed by atoms with Crippen molar-refractivity contribution in [1.82, 2.24) is 14.9 Å². The lowest BCUT2D eigenvalue weighted by Gasteiger charge is -2.24. The van der Waals surface area contributed by atoms with Crippen LogP contribution in [0.15, 0.2) is 60.8 Å². The highest BCUT2D eigenvalue weighted by molar-refractivity contribution is 6.32. The molecule has 1 fully saturated rings. The molecule has 0 bridgehead atoms. The van der Waals surface area contributed by atoms with Crippen molar-refractivity contribution in [2.75, 3.05) is 43.2 Å². The summed E-state index contributed by atoms with van der Waals surface area (Å²) in [4.78, 5) is 17.2. The van der Waals surface area contributed by atoms with Crippen LogP contribution in [0.25, 0.3) is 0 Å². The van der Waals surface area contributed by atoms with Crippen LogP contribution in [0.3, 0.4) is 0 Å². The summed E-state index contributed by atoms with van der Waals surface area (Å²) in [6, 6.07) is 18.1. The lowest BCUT2D eigenvalue weighted by atomic mass is 10.0. The summed E-state index contributed by atoms with van der Waals surface area (Å²) >= 11 is 6.45. The van der Waals surface area contributed by atoms with E-state index in [9.17, 15) is 0 Å². The van der Waals surface area contributed by atoms with E-state index in [1.54, 1.807) is 11.3 Å². The third kappa shape index (κ3) is 6.51. The molecule has 1 N–H and O–H groups in total. The number of hydrogen-bond donors (Lipinski definition) is 1. The second-order valence-corrected chi connectivity index (χ2v) is 8.17. The SMILES string of the molecule is CCN(CC)CCOc1ccc(Nc2ncc(Cl)c(N3OCC[C@H]3c3ccccc3)n2)cc1.Cl. The predicted molar refractivity (Wildman–Crippen MR) is 140 cm³/mol. The zero-order chi connectivity index (χ0) is 23.0. The Morgan fingerprint density at radius 2 is 1.85 bits per heavy atom. The maximum atomic E-state index is 6.45. The second-order valence-electron chi connectivity index (χ2n) is 7.76.